The van der Waals surface area contributed by atoms with Crippen LogP contribution in [0.2, 0.25) is 22.2 Å². The summed E-state index contributed by atoms with van der Waals surface area (Å²) in [5.74, 6) is 0. The summed E-state index contributed by atoms with van der Waals surface area (Å²) in [4.78, 5) is 0. The molecule has 1 spiro atoms. The van der Waals surface area contributed by atoms with E-state index in [0.29, 0.717) is 22.2 Å². The van der Waals surface area contributed by atoms with Crippen LogP contribution in [0.4, 0.5) is 0 Å². The van der Waals surface area contributed by atoms with E-state index in [1.165, 1.54) is 0 Å². The molecule has 164 valence electrons. The summed E-state index contributed by atoms with van der Waals surface area (Å²) in [5.41, 5.74) is 1.02. The monoisotopic (exact) mass is 430 g/mol. The lowest BCUT2D eigenvalue weighted by molar-refractivity contribution is -0.194. The lowest BCUT2D eigenvalue weighted by Crippen LogP contribution is -2.68. The zero-order chi connectivity index (χ0) is 20.9. The predicted octanol–water partition coefficient (Wildman–Crippen LogP) is 5.63. The molecule has 1 saturated carbocycles. The number of methoxy groups -OCH3 is 1. The van der Waals surface area contributed by atoms with Crippen molar-refractivity contribution in [1.29, 1.82) is 0 Å². The molecule has 0 aromatic heterocycles. The maximum absolute atomic E-state index is 7.33. The van der Waals surface area contributed by atoms with Gasteiger partial charge < -0.3 is 22.4 Å². The minimum absolute atomic E-state index is 0.00672. The zero-order valence-electron chi connectivity index (χ0n) is 19.4. The summed E-state index contributed by atoms with van der Waals surface area (Å²) in [5, 5.41) is 0. The lowest BCUT2D eigenvalue weighted by Gasteiger charge is -2.54. The molecule has 0 unspecified atom stereocenters. The Hall–Kier alpha value is 0.234. The fourth-order valence-corrected chi connectivity index (χ4v) is 17.2. The van der Waals surface area contributed by atoms with Crippen molar-refractivity contribution in [3.63, 3.8) is 0 Å². The normalized spacial score (nSPS) is 37.4. The van der Waals surface area contributed by atoms with Gasteiger partial charge in [-0.25, -0.2) is 0 Å². The molecule has 5 nitrogen and oxygen atoms in total. The Morgan fingerprint density at radius 1 is 0.821 bits per heavy atom. The minimum Gasteiger partial charge on any atom is -0.414 e. The van der Waals surface area contributed by atoms with Gasteiger partial charge in [-0.15, -0.1) is 0 Å². The standard InChI is InChI=1S/C21H42O5Si2/c1-14(2)27(15(3)4)24-18-11-10-12-21(18)19(13-20(22-9)23-21)25-28(26-27,16(5)6)17(7)8/h14-20H,10-13H2,1-9H3/t18-,19-,20-,21-/m0/s1. The second kappa shape index (κ2) is 8.06. The van der Waals surface area contributed by atoms with Crippen LogP contribution in [0.3, 0.4) is 0 Å². The van der Waals surface area contributed by atoms with E-state index < -0.39 is 17.1 Å². The molecule has 3 aliphatic rings. The maximum atomic E-state index is 7.33. The van der Waals surface area contributed by atoms with E-state index in [-0.39, 0.29) is 24.1 Å². The lowest BCUT2D eigenvalue weighted by atomic mass is 9.93. The second-order valence-corrected chi connectivity index (χ2v) is 19.0. The molecule has 3 fully saturated rings. The quantitative estimate of drug-likeness (QED) is 0.529. The predicted molar refractivity (Wildman–Crippen MR) is 116 cm³/mol. The van der Waals surface area contributed by atoms with Gasteiger partial charge in [-0.2, -0.15) is 0 Å². The summed E-state index contributed by atoms with van der Waals surface area (Å²) in [7, 11) is -3.39. The fourth-order valence-electron chi connectivity index (χ4n) is 5.76. The average molecular weight is 431 g/mol. The number of rotatable bonds is 5. The van der Waals surface area contributed by atoms with E-state index in [9.17, 15) is 0 Å². The molecule has 0 radical (unpaired) electrons. The number of ether oxygens (including phenoxy) is 2. The topological polar surface area (TPSA) is 46.2 Å². The summed E-state index contributed by atoms with van der Waals surface area (Å²) in [6.07, 6.45) is 3.71. The number of hydrogen-bond acceptors (Lipinski definition) is 5. The van der Waals surface area contributed by atoms with Crippen LogP contribution in [0.25, 0.3) is 0 Å². The van der Waals surface area contributed by atoms with Crippen molar-refractivity contribution in [2.24, 2.45) is 0 Å². The molecular formula is C21H42O5Si2. The summed E-state index contributed by atoms with van der Waals surface area (Å²) in [6, 6.07) is 0. The van der Waals surface area contributed by atoms with E-state index in [2.05, 4.69) is 55.4 Å². The Labute approximate surface area is 174 Å². The van der Waals surface area contributed by atoms with Crippen LogP contribution in [-0.2, 0) is 22.4 Å². The van der Waals surface area contributed by atoms with Crippen molar-refractivity contribution in [2.45, 2.75) is 127 Å². The molecule has 0 bridgehead atoms. The van der Waals surface area contributed by atoms with Crippen molar-refractivity contribution in [3.8, 4) is 0 Å². The Kier molecular flexibility index (Phi) is 6.59. The van der Waals surface area contributed by atoms with Gasteiger partial charge >= 0.3 is 17.1 Å². The minimum atomic E-state index is -2.57. The number of hydrogen-bond donors (Lipinski definition) is 0. The van der Waals surface area contributed by atoms with Crippen molar-refractivity contribution in [3.05, 3.63) is 0 Å². The van der Waals surface area contributed by atoms with Crippen LogP contribution in [0, 0.1) is 0 Å². The first-order chi connectivity index (χ1) is 13.0. The van der Waals surface area contributed by atoms with Crippen LogP contribution in [-0.4, -0.2) is 48.3 Å². The molecule has 0 amide bonds. The molecule has 3 rings (SSSR count). The van der Waals surface area contributed by atoms with Gasteiger partial charge in [0.1, 0.15) is 5.60 Å². The van der Waals surface area contributed by atoms with Crippen molar-refractivity contribution in [1.82, 2.24) is 0 Å². The first kappa shape index (κ1) is 22.9. The van der Waals surface area contributed by atoms with E-state index in [1.807, 2.05) is 0 Å². The third-order valence-corrected chi connectivity index (χ3v) is 17.6. The molecule has 0 N–H and O–H groups in total. The second-order valence-electron chi connectivity index (χ2n) is 10.2. The first-order valence-corrected chi connectivity index (χ1v) is 15.2. The third kappa shape index (κ3) is 3.39. The molecule has 4 atom stereocenters. The Morgan fingerprint density at radius 2 is 1.32 bits per heavy atom. The Bertz CT molecular complexity index is 537. The first-order valence-electron chi connectivity index (χ1n) is 11.3. The smallest absolute Gasteiger partial charge is 0.335 e. The van der Waals surface area contributed by atoms with E-state index in [1.54, 1.807) is 7.11 Å². The van der Waals surface area contributed by atoms with E-state index in [0.717, 1.165) is 25.7 Å². The maximum Gasteiger partial charge on any atom is 0.335 e. The highest BCUT2D eigenvalue weighted by Gasteiger charge is 2.67. The van der Waals surface area contributed by atoms with Gasteiger partial charge in [0, 0.05) is 13.5 Å². The van der Waals surface area contributed by atoms with Crippen molar-refractivity contribution >= 4 is 17.1 Å². The Morgan fingerprint density at radius 3 is 1.79 bits per heavy atom. The highest BCUT2D eigenvalue weighted by Crippen LogP contribution is 2.55. The molecule has 7 heteroatoms. The van der Waals surface area contributed by atoms with Crippen LogP contribution < -0.4 is 0 Å². The largest absolute Gasteiger partial charge is 0.414 e. The Balaban J connectivity index is 2.15. The molecule has 2 saturated heterocycles. The van der Waals surface area contributed by atoms with Crippen LogP contribution in [0.5, 0.6) is 0 Å². The van der Waals surface area contributed by atoms with Crippen LogP contribution >= 0.6 is 0 Å². The zero-order valence-corrected chi connectivity index (χ0v) is 21.4. The average Bonchev–Trinajstić information content (AvgIpc) is 3.15. The summed E-state index contributed by atoms with van der Waals surface area (Å²) < 4.78 is 33.9. The van der Waals surface area contributed by atoms with E-state index in [4.69, 9.17) is 22.4 Å². The molecule has 2 aliphatic heterocycles. The SMILES string of the molecule is CO[C@@H]1C[C@@H]2O[Si](C(C)C)(C(C)C)O[Si](C(C)C)(C(C)C)O[C@H]3CCC[C@]32O1. The van der Waals surface area contributed by atoms with Crippen molar-refractivity contribution in [2.75, 3.05) is 7.11 Å². The van der Waals surface area contributed by atoms with Gasteiger partial charge in [0.15, 0.2) is 6.29 Å². The highest BCUT2D eigenvalue weighted by molar-refractivity contribution is 6.84. The van der Waals surface area contributed by atoms with Crippen LogP contribution in [0.1, 0.15) is 81.1 Å². The van der Waals surface area contributed by atoms with Gasteiger partial charge in [-0.3, -0.25) is 0 Å². The summed E-state index contributed by atoms with van der Waals surface area (Å²) in [6.45, 7) is 18.2. The molecule has 1 aliphatic carbocycles. The van der Waals surface area contributed by atoms with Gasteiger partial charge in [0.25, 0.3) is 0 Å². The molecule has 2 heterocycles. The van der Waals surface area contributed by atoms with Gasteiger partial charge in [-0.05, 0) is 41.4 Å². The highest BCUT2D eigenvalue weighted by atomic mass is 28.5. The van der Waals surface area contributed by atoms with Gasteiger partial charge in [0.05, 0.1) is 12.2 Å². The van der Waals surface area contributed by atoms with Gasteiger partial charge in [0.2, 0.25) is 0 Å². The molecule has 28 heavy (non-hydrogen) atoms. The molecular weight excluding hydrogens is 388 g/mol. The van der Waals surface area contributed by atoms with Crippen LogP contribution in [0.15, 0.2) is 0 Å². The van der Waals surface area contributed by atoms with Crippen molar-refractivity contribution < 1.29 is 22.4 Å². The fraction of sp³-hybridized carbons (Fsp3) is 1.00. The van der Waals surface area contributed by atoms with Gasteiger partial charge in [-0.1, -0.05) is 55.4 Å². The molecule has 0 aromatic carbocycles. The van der Waals surface area contributed by atoms with E-state index >= 15 is 0 Å². The molecule has 0 aromatic rings. The third-order valence-electron chi connectivity index (χ3n) is 7.34. The summed E-state index contributed by atoms with van der Waals surface area (Å²) >= 11 is 0.